The predicted molar refractivity (Wildman–Crippen MR) is 71.9 cm³/mol. The molecule has 1 unspecified atom stereocenters. The van der Waals surface area contributed by atoms with Gasteiger partial charge in [0.05, 0.1) is 11.1 Å². The van der Waals surface area contributed by atoms with Crippen LogP contribution in [0, 0.1) is 17.0 Å². The number of aromatic hydroxyl groups is 1. The van der Waals surface area contributed by atoms with Gasteiger partial charge in [-0.15, -0.1) is 0 Å². The molecule has 0 aliphatic heterocycles. The molecule has 21 heavy (non-hydrogen) atoms. The van der Waals surface area contributed by atoms with E-state index in [0.29, 0.717) is 11.7 Å². The first-order valence-corrected chi connectivity index (χ1v) is 6.09. The number of phenols is 1. The standard InChI is InChI=1S/C13H13N3O5/c1-7-6-14-13(21-7)8(2)15-12(18)9-3-4-10(16(19)20)11(17)5-9/h3-6,8,17H,1-2H3,(H,15,18). The van der Waals surface area contributed by atoms with Gasteiger partial charge in [0.2, 0.25) is 5.89 Å². The van der Waals surface area contributed by atoms with Gasteiger partial charge in [-0.25, -0.2) is 4.98 Å². The molecule has 8 heteroatoms. The number of aromatic nitrogens is 1. The molecule has 0 bridgehead atoms. The predicted octanol–water partition coefficient (Wildman–Crippen LogP) is 2.09. The summed E-state index contributed by atoms with van der Waals surface area (Å²) in [6.07, 6.45) is 1.54. The molecule has 0 aliphatic rings. The van der Waals surface area contributed by atoms with Gasteiger partial charge in [-0.3, -0.25) is 14.9 Å². The first-order chi connectivity index (χ1) is 9.88. The van der Waals surface area contributed by atoms with E-state index in [4.69, 9.17) is 4.42 Å². The quantitative estimate of drug-likeness (QED) is 0.657. The number of aryl methyl sites for hydroxylation is 1. The highest BCUT2D eigenvalue weighted by Crippen LogP contribution is 2.26. The first-order valence-electron chi connectivity index (χ1n) is 6.09. The number of nitro groups is 1. The van der Waals surface area contributed by atoms with Gasteiger partial charge in [-0.1, -0.05) is 0 Å². The van der Waals surface area contributed by atoms with Gasteiger partial charge in [0.25, 0.3) is 5.91 Å². The average Bonchev–Trinajstić information content (AvgIpc) is 2.84. The molecule has 1 aromatic heterocycles. The van der Waals surface area contributed by atoms with Crippen molar-refractivity contribution in [2.24, 2.45) is 0 Å². The molecule has 1 heterocycles. The van der Waals surface area contributed by atoms with Gasteiger partial charge >= 0.3 is 5.69 Å². The lowest BCUT2D eigenvalue weighted by Crippen LogP contribution is -2.26. The zero-order valence-electron chi connectivity index (χ0n) is 11.4. The van der Waals surface area contributed by atoms with Crippen molar-refractivity contribution < 1.29 is 19.2 Å². The van der Waals surface area contributed by atoms with Crippen molar-refractivity contribution in [3.05, 3.63) is 51.7 Å². The summed E-state index contributed by atoms with van der Waals surface area (Å²) in [5.41, 5.74) is -0.351. The Morgan fingerprint density at radius 1 is 1.52 bits per heavy atom. The number of nitrogens with one attached hydrogen (secondary N) is 1. The van der Waals surface area contributed by atoms with Crippen molar-refractivity contribution in [2.45, 2.75) is 19.9 Å². The van der Waals surface area contributed by atoms with Crippen LogP contribution in [0.25, 0.3) is 0 Å². The minimum atomic E-state index is -0.727. The number of carbonyl (C=O) groups excluding carboxylic acids is 1. The van der Waals surface area contributed by atoms with Gasteiger partial charge < -0.3 is 14.8 Å². The van der Waals surface area contributed by atoms with E-state index in [1.807, 2.05) is 0 Å². The fourth-order valence-electron chi connectivity index (χ4n) is 1.73. The highest BCUT2D eigenvalue weighted by Gasteiger charge is 2.19. The average molecular weight is 291 g/mol. The van der Waals surface area contributed by atoms with Crippen LogP contribution in [-0.2, 0) is 0 Å². The van der Waals surface area contributed by atoms with E-state index in [2.05, 4.69) is 10.3 Å². The summed E-state index contributed by atoms with van der Waals surface area (Å²) in [6.45, 7) is 3.42. The Morgan fingerprint density at radius 3 is 2.76 bits per heavy atom. The maximum Gasteiger partial charge on any atom is 0.310 e. The van der Waals surface area contributed by atoms with Crippen molar-refractivity contribution in [1.82, 2.24) is 10.3 Å². The van der Waals surface area contributed by atoms with E-state index >= 15 is 0 Å². The van der Waals surface area contributed by atoms with Crippen LogP contribution < -0.4 is 5.32 Å². The summed E-state index contributed by atoms with van der Waals surface area (Å²) in [6, 6.07) is 2.91. The van der Waals surface area contributed by atoms with E-state index in [1.54, 1.807) is 13.8 Å². The van der Waals surface area contributed by atoms with Gasteiger partial charge in [0, 0.05) is 11.6 Å². The smallest absolute Gasteiger partial charge is 0.310 e. The summed E-state index contributed by atoms with van der Waals surface area (Å²) in [7, 11) is 0. The molecule has 8 nitrogen and oxygen atoms in total. The van der Waals surface area contributed by atoms with Gasteiger partial charge in [0.1, 0.15) is 11.8 Å². The van der Waals surface area contributed by atoms with Crippen LogP contribution in [0.4, 0.5) is 5.69 Å². The largest absolute Gasteiger partial charge is 0.502 e. The Balaban J connectivity index is 2.13. The van der Waals surface area contributed by atoms with Crippen LogP contribution in [0.2, 0.25) is 0 Å². The number of carbonyl (C=O) groups is 1. The molecule has 1 atom stereocenters. The van der Waals surface area contributed by atoms with Crippen LogP contribution >= 0.6 is 0 Å². The topological polar surface area (TPSA) is 118 Å². The Bertz CT molecular complexity index is 695. The highest BCUT2D eigenvalue weighted by molar-refractivity contribution is 5.95. The lowest BCUT2D eigenvalue weighted by atomic mass is 10.1. The summed E-state index contributed by atoms with van der Waals surface area (Å²) in [4.78, 5) is 25.9. The molecule has 0 saturated heterocycles. The number of phenolic OH excluding ortho intramolecular Hbond substituents is 1. The number of hydrogen-bond acceptors (Lipinski definition) is 6. The second-order valence-corrected chi connectivity index (χ2v) is 4.46. The Kier molecular flexibility index (Phi) is 3.88. The SMILES string of the molecule is Cc1cnc(C(C)NC(=O)c2ccc([N+](=O)[O-])c(O)c2)o1. The fraction of sp³-hybridized carbons (Fsp3) is 0.231. The molecule has 0 saturated carbocycles. The maximum atomic E-state index is 12.0. The summed E-state index contributed by atoms with van der Waals surface area (Å²) >= 11 is 0. The van der Waals surface area contributed by atoms with E-state index in [0.717, 1.165) is 12.1 Å². The zero-order valence-corrected chi connectivity index (χ0v) is 11.4. The summed E-state index contributed by atoms with van der Waals surface area (Å²) in [5.74, 6) is -0.0816. The van der Waals surface area contributed by atoms with Gasteiger partial charge in [-0.05, 0) is 26.0 Å². The maximum absolute atomic E-state index is 12.0. The van der Waals surface area contributed by atoms with Crippen molar-refractivity contribution in [1.29, 1.82) is 0 Å². The molecule has 2 aromatic rings. The van der Waals surface area contributed by atoms with Crippen molar-refractivity contribution >= 4 is 11.6 Å². The number of benzene rings is 1. The Labute approximate surface area is 119 Å². The lowest BCUT2D eigenvalue weighted by molar-refractivity contribution is -0.385. The molecule has 0 spiro atoms. The number of nitrogens with zero attached hydrogens (tertiary/aromatic N) is 2. The van der Waals surface area contributed by atoms with Crippen LogP contribution in [0.15, 0.2) is 28.8 Å². The molecule has 0 radical (unpaired) electrons. The monoisotopic (exact) mass is 291 g/mol. The number of nitro benzene ring substituents is 1. The first kappa shape index (κ1) is 14.5. The van der Waals surface area contributed by atoms with Crippen LogP contribution in [0.1, 0.15) is 35.0 Å². The number of rotatable bonds is 4. The van der Waals surface area contributed by atoms with Crippen LogP contribution in [0.5, 0.6) is 5.75 Å². The van der Waals surface area contributed by atoms with Crippen LogP contribution in [-0.4, -0.2) is 20.9 Å². The molecule has 1 aromatic carbocycles. The molecular formula is C13H13N3O5. The molecule has 1 amide bonds. The van der Waals surface area contributed by atoms with E-state index in [9.17, 15) is 20.0 Å². The van der Waals surface area contributed by atoms with Crippen molar-refractivity contribution in [3.8, 4) is 5.75 Å². The normalized spacial score (nSPS) is 11.9. The third-order valence-corrected chi connectivity index (χ3v) is 2.79. The van der Waals surface area contributed by atoms with E-state index in [1.165, 1.54) is 12.3 Å². The summed E-state index contributed by atoms with van der Waals surface area (Å²) < 4.78 is 5.29. The molecule has 2 N–H and O–H groups in total. The highest BCUT2D eigenvalue weighted by atomic mass is 16.6. The minimum absolute atomic E-state index is 0.105. The van der Waals surface area contributed by atoms with Gasteiger partial charge in [-0.2, -0.15) is 0 Å². The third-order valence-electron chi connectivity index (χ3n) is 2.79. The fourth-order valence-corrected chi connectivity index (χ4v) is 1.73. The molecule has 110 valence electrons. The van der Waals surface area contributed by atoms with Crippen LogP contribution in [0.3, 0.4) is 0 Å². The Morgan fingerprint density at radius 2 is 2.24 bits per heavy atom. The summed E-state index contributed by atoms with van der Waals surface area (Å²) in [5, 5.41) is 22.7. The lowest BCUT2D eigenvalue weighted by Gasteiger charge is -2.10. The Hall–Kier alpha value is -2.90. The molecule has 2 rings (SSSR count). The number of hydrogen-bond donors (Lipinski definition) is 2. The molecular weight excluding hydrogens is 278 g/mol. The number of oxazole rings is 1. The minimum Gasteiger partial charge on any atom is -0.502 e. The number of amides is 1. The van der Waals surface area contributed by atoms with Crippen molar-refractivity contribution in [2.75, 3.05) is 0 Å². The molecule has 0 aliphatic carbocycles. The second kappa shape index (κ2) is 5.61. The van der Waals surface area contributed by atoms with E-state index in [-0.39, 0.29) is 5.56 Å². The second-order valence-electron chi connectivity index (χ2n) is 4.46. The van der Waals surface area contributed by atoms with Gasteiger partial charge in [0.15, 0.2) is 5.75 Å². The third kappa shape index (κ3) is 3.16. The van der Waals surface area contributed by atoms with Crippen molar-refractivity contribution in [3.63, 3.8) is 0 Å². The molecule has 0 fully saturated rings. The van der Waals surface area contributed by atoms with E-state index < -0.39 is 28.3 Å². The zero-order chi connectivity index (χ0) is 15.6.